The molecule has 0 atom stereocenters. The lowest BCUT2D eigenvalue weighted by molar-refractivity contribution is -0.138. The first-order valence-corrected chi connectivity index (χ1v) is 6.84. The molecule has 106 valence electrons. The molecule has 19 heavy (non-hydrogen) atoms. The van der Waals surface area contributed by atoms with Gasteiger partial charge in [-0.1, -0.05) is 36.9 Å². The summed E-state index contributed by atoms with van der Waals surface area (Å²) in [5.74, 6) is 0. The quantitative estimate of drug-likeness (QED) is 0.852. The lowest BCUT2D eigenvalue weighted by Crippen LogP contribution is -2.38. The van der Waals surface area contributed by atoms with Gasteiger partial charge in [0.1, 0.15) is 0 Å². The average molecular weight is 292 g/mol. The molecule has 0 bridgehead atoms. The van der Waals surface area contributed by atoms with Crippen molar-refractivity contribution in [3.8, 4) is 0 Å². The average Bonchev–Trinajstić information content (AvgIpc) is 2.38. The third-order valence-electron chi connectivity index (χ3n) is 4.06. The monoisotopic (exact) mass is 291 g/mol. The van der Waals surface area contributed by atoms with E-state index in [1.54, 1.807) is 0 Å². The van der Waals surface area contributed by atoms with Crippen LogP contribution in [0.15, 0.2) is 18.2 Å². The Kier molecular flexibility index (Phi) is 4.11. The van der Waals surface area contributed by atoms with E-state index in [4.69, 9.17) is 17.3 Å². The highest BCUT2D eigenvalue weighted by Crippen LogP contribution is 2.45. The van der Waals surface area contributed by atoms with Crippen LogP contribution in [0.5, 0.6) is 0 Å². The van der Waals surface area contributed by atoms with Crippen LogP contribution in [0, 0.1) is 0 Å². The summed E-state index contributed by atoms with van der Waals surface area (Å²) in [4.78, 5) is 0. The molecule has 0 aliphatic heterocycles. The minimum atomic E-state index is -4.39. The van der Waals surface area contributed by atoms with Crippen LogP contribution < -0.4 is 5.73 Å². The van der Waals surface area contributed by atoms with E-state index in [2.05, 4.69) is 0 Å². The minimum Gasteiger partial charge on any atom is -0.330 e. The van der Waals surface area contributed by atoms with E-state index >= 15 is 0 Å². The van der Waals surface area contributed by atoms with Gasteiger partial charge >= 0.3 is 6.18 Å². The van der Waals surface area contributed by atoms with Gasteiger partial charge in [0, 0.05) is 17.0 Å². The molecular weight excluding hydrogens is 275 g/mol. The third kappa shape index (κ3) is 2.90. The molecule has 0 unspecified atom stereocenters. The molecule has 1 aromatic carbocycles. The maximum atomic E-state index is 13.2. The summed E-state index contributed by atoms with van der Waals surface area (Å²) in [7, 11) is 0. The zero-order valence-electron chi connectivity index (χ0n) is 10.6. The van der Waals surface area contributed by atoms with Crippen molar-refractivity contribution in [1.82, 2.24) is 0 Å². The van der Waals surface area contributed by atoms with Gasteiger partial charge in [0.2, 0.25) is 0 Å². The molecule has 0 radical (unpaired) electrons. The number of hydrogen-bond donors (Lipinski definition) is 1. The van der Waals surface area contributed by atoms with Crippen LogP contribution in [0.3, 0.4) is 0 Å². The van der Waals surface area contributed by atoms with Gasteiger partial charge in [-0.25, -0.2) is 0 Å². The van der Waals surface area contributed by atoms with Crippen molar-refractivity contribution in [2.45, 2.75) is 43.7 Å². The molecule has 1 saturated carbocycles. The first-order chi connectivity index (χ1) is 8.89. The fourth-order valence-corrected chi connectivity index (χ4v) is 3.20. The lowest BCUT2D eigenvalue weighted by atomic mass is 9.68. The predicted octanol–water partition coefficient (Wildman–Crippen LogP) is 4.52. The van der Waals surface area contributed by atoms with Crippen molar-refractivity contribution in [3.05, 3.63) is 34.3 Å². The summed E-state index contributed by atoms with van der Waals surface area (Å²) in [6.07, 6.45) is -0.0345. The summed E-state index contributed by atoms with van der Waals surface area (Å²) < 4.78 is 39.6. The molecule has 1 nitrogen and oxygen atoms in total. The van der Waals surface area contributed by atoms with Gasteiger partial charge < -0.3 is 5.73 Å². The molecule has 0 spiro atoms. The van der Waals surface area contributed by atoms with Crippen molar-refractivity contribution < 1.29 is 13.2 Å². The van der Waals surface area contributed by atoms with E-state index in [1.807, 2.05) is 0 Å². The molecule has 1 aromatic rings. The highest BCUT2D eigenvalue weighted by atomic mass is 35.5. The van der Waals surface area contributed by atoms with Crippen LogP contribution in [0.2, 0.25) is 5.02 Å². The molecule has 0 saturated heterocycles. The van der Waals surface area contributed by atoms with E-state index in [9.17, 15) is 13.2 Å². The number of halogens is 4. The Morgan fingerprint density at radius 3 is 2.32 bits per heavy atom. The van der Waals surface area contributed by atoms with Crippen LogP contribution >= 0.6 is 11.6 Å². The van der Waals surface area contributed by atoms with Crippen molar-refractivity contribution in [3.63, 3.8) is 0 Å². The highest BCUT2D eigenvalue weighted by Gasteiger charge is 2.41. The number of nitrogens with two attached hydrogens (primary N) is 1. The molecule has 1 aliphatic carbocycles. The number of alkyl halides is 3. The van der Waals surface area contributed by atoms with E-state index in [0.29, 0.717) is 18.4 Å². The smallest absolute Gasteiger partial charge is 0.330 e. The minimum absolute atomic E-state index is 0.110. The highest BCUT2D eigenvalue weighted by molar-refractivity contribution is 6.30. The molecule has 5 heteroatoms. The second-order valence-corrected chi connectivity index (χ2v) is 5.67. The maximum Gasteiger partial charge on any atom is 0.416 e. The summed E-state index contributed by atoms with van der Waals surface area (Å²) >= 11 is 5.72. The van der Waals surface area contributed by atoms with Crippen molar-refractivity contribution in [1.29, 1.82) is 0 Å². The summed E-state index contributed by atoms with van der Waals surface area (Å²) in [5.41, 5.74) is 4.95. The Labute approximate surface area is 115 Å². The van der Waals surface area contributed by atoms with Gasteiger partial charge in [-0.15, -0.1) is 0 Å². The van der Waals surface area contributed by atoms with Crippen molar-refractivity contribution in [2.24, 2.45) is 5.73 Å². The third-order valence-corrected chi connectivity index (χ3v) is 4.29. The molecule has 0 heterocycles. The number of rotatable bonds is 2. The molecular formula is C14H17ClF3N. The largest absolute Gasteiger partial charge is 0.416 e. The SMILES string of the molecule is NCC1(c2ccc(Cl)cc2C(F)(F)F)CCCCC1. The fraction of sp³-hybridized carbons (Fsp3) is 0.571. The van der Waals surface area contributed by atoms with Gasteiger partial charge in [-0.3, -0.25) is 0 Å². The van der Waals surface area contributed by atoms with Crippen LogP contribution in [-0.2, 0) is 11.6 Å². The van der Waals surface area contributed by atoms with Crippen molar-refractivity contribution >= 4 is 11.6 Å². The molecule has 2 N–H and O–H groups in total. The van der Waals surface area contributed by atoms with Gasteiger partial charge in [0.15, 0.2) is 0 Å². The van der Waals surface area contributed by atoms with E-state index in [1.165, 1.54) is 12.1 Å². The van der Waals surface area contributed by atoms with Gasteiger partial charge in [0.05, 0.1) is 5.56 Å². The number of hydrogen-bond acceptors (Lipinski definition) is 1. The van der Waals surface area contributed by atoms with Crippen LogP contribution in [0.25, 0.3) is 0 Å². The Bertz CT molecular complexity index is 450. The first-order valence-electron chi connectivity index (χ1n) is 6.46. The molecule has 0 aromatic heterocycles. The standard InChI is InChI=1S/C14H17ClF3N/c15-10-4-5-11(12(8-10)14(16,17)18)13(9-19)6-2-1-3-7-13/h4-5,8H,1-3,6-7,9,19H2. The van der Waals surface area contributed by atoms with Gasteiger partial charge in [-0.2, -0.15) is 13.2 Å². The molecule has 2 rings (SSSR count). The van der Waals surface area contributed by atoms with Crippen molar-refractivity contribution in [2.75, 3.05) is 6.54 Å². The second kappa shape index (κ2) is 5.33. The molecule has 0 amide bonds. The zero-order chi connectivity index (χ0) is 14.1. The fourth-order valence-electron chi connectivity index (χ4n) is 3.03. The predicted molar refractivity (Wildman–Crippen MR) is 70.3 cm³/mol. The van der Waals surface area contributed by atoms with Gasteiger partial charge in [0.25, 0.3) is 0 Å². The molecule has 1 fully saturated rings. The van der Waals surface area contributed by atoms with E-state index in [-0.39, 0.29) is 11.6 Å². The molecule has 1 aliphatic rings. The Morgan fingerprint density at radius 1 is 1.16 bits per heavy atom. The summed E-state index contributed by atoms with van der Waals surface area (Å²) in [6, 6.07) is 4.05. The Morgan fingerprint density at radius 2 is 1.79 bits per heavy atom. The normalized spacial score (nSPS) is 19.4. The van der Waals surface area contributed by atoms with Crippen LogP contribution in [0.1, 0.15) is 43.2 Å². The van der Waals surface area contributed by atoms with Crippen LogP contribution in [-0.4, -0.2) is 6.54 Å². The van der Waals surface area contributed by atoms with E-state index < -0.39 is 17.2 Å². The van der Waals surface area contributed by atoms with Gasteiger partial charge in [-0.05, 0) is 30.5 Å². The topological polar surface area (TPSA) is 26.0 Å². The summed E-state index contributed by atoms with van der Waals surface area (Å²) in [6.45, 7) is 0.248. The Hall–Kier alpha value is -0.740. The number of benzene rings is 1. The summed E-state index contributed by atoms with van der Waals surface area (Å²) in [5, 5.41) is 0.110. The zero-order valence-corrected chi connectivity index (χ0v) is 11.3. The van der Waals surface area contributed by atoms with Crippen LogP contribution in [0.4, 0.5) is 13.2 Å². The van der Waals surface area contributed by atoms with E-state index in [0.717, 1.165) is 25.3 Å². The Balaban J connectivity index is 2.54. The second-order valence-electron chi connectivity index (χ2n) is 5.23. The maximum absolute atomic E-state index is 13.2. The lowest BCUT2D eigenvalue weighted by Gasteiger charge is -2.38. The first kappa shape index (κ1) is 14.7.